The number of carbonyl (C=O) groups is 1. The number of aliphatic hydroxyl groups is 1. The third-order valence-electron chi connectivity index (χ3n) is 3.21. The molecule has 0 spiro atoms. The summed E-state index contributed by atoms with van der Waals surface area (Å²) < 4.78 is 0. The first-order valence-corrected chi connectivity index (χ1v) is 6.38. The van der Waals surface area contributed by atoms with Crippen LogP contribution in [0, 0.1) is 0 Å². The maximum atomic E-state index is 10.6. The van der Waals surface area contributed by atoms with E-state index in [0.29, 0.717) is 38.2 Å². The lowest BCUT2D eigenvalue weighted by Crippen LogP contribution is -2.47. The van der Waals surface area contributed by atoms with E-state index in [4.69, 9.17) is 22.3 Å². The molecule has 0 aromatic heterocycles. The Morgan fingerprint density at radius 2 is 2.16 bits per heavy atom. The zero-order valence-corrected chi connectivity index (χ0v) is 10.8. The second-order valence-corrected chi connectivity index (χ2v) is 4.92. The summed E-state index contributed by atoms with van der Waals surface area (Å²) in [5, 5.41) is 21.5. The van der Waals surface area contributed by atoms with Crippen LogP contribution < -0.4 is 22.5 Å². The first-order valence-electron chi connectivity index (χ1n) is 6.38. The normalized spacial score (nSPS) is 23.3. The molecular weight excluding hydrogens is 250 g/mol. The van der Waals surface area contributed by atoms with Crippen molar-refractivity contribution >= 4 is 11.9 Å². The van der Waals surface area contributed by atoms with Gasteiger partial charge in [0.05, 0.1) is 18.7 Å². The van der Waals surface area contributed by atoms with Gasteiger partial charge in [-0.1, -0.05) is 0 Å². The monoisotopic (exact) mass is 273 g/mol. The van der Waals surface area contributed by atoms with Crippen molar-refractivity contribution in [1.29, 1.82) is 0 Å². The number of hydrogen-bond donors (Lipinski definition) is 6. The highest BCUT2D eigenvalue weighted by Gasteiger charge is 2.22. The van der Waals surface area contributed by atoms with Crippen LogP contribution in [-0.4, -0.2) is 52.9 Å². The second kappa shape index (κ2) is 7.27. The topological polar surface area (TPSA) is 160 Å². The number of rotatable bonds is 8. The maximum absolute atomic E-state index is 10.6. The van der Waals surface area contributed by atoms with E-state index in [9.17, 15) is 9.90 Å². The molecule has 8 nitrogen and oxygen atoms in total. The van der Waals surface area contributed by atoms with E-state index in [2.05, 4.69) is 10.3 Å². The Bertz CT molecular complexity index is 336. The predicted molar refractivity (Wildman–Crippen MR) is 71.5 cm³/mol. The predicted octanol–water partition coefficient (Wildman–Crippen LogP) is -2.07. The smallest absolute Gasteiger partial charge is 0.322 e. The van der Waals surface area contributed by atoms with Crippen LogP contribution in [0.5, 0.6) is 0 Å². The van der Waals surface area contributed by atoms with Crippen molar-refractivity contribution in [3.63, 3.8) is 0 Å². The van der Waals surface area contributed by atoms with Crippen LogP contribution in [0.2, 0.25) is 0 Å². The molecule has 0 fully saturated rings. The number of nitrogens with one attached hydrogen (secondary N) is 1. The number of aliphatic hydroxyl groups excluding tert-OH is 1. The van der Waals surface area contributed by atoms with Crippen LogP contribution in [0.4, 0.5) is 0 Å². The van der Waals surface area contributed by atoms with Crippen molar-refractivity contribution in [2.24, 2.45) is 22.2 Å². The van der Waals surface area contributed by atoms with Crippen LogP contribution in [0.15, 0.2) is 4.99 Å². The number of hydrogen-bond acceptors (Lipinski definition) is 7. The van der Waals surface area contributed by atoms with E-state index < -0.39 is 24.2 Å². The first-order chi connectivity index (χ1) is 8.90. The summed E-state index contributed by atoms with van der Waals surface area (Å²) in [6.07, 6.45) is 1.74. The lowest BCUT2D eigenvalue weighted by molar-refractivity contribution is -0.139. The molecule has 1 heterocycles. The number of aliphatic imine (C=N–C) groups is 1. The maximum Gasteiger partial charge on any atom is 0.322 e. The standard InChI is InChI=1S/C11H23N5O3/c12-8(9(13)10(18)19)3-1-2-7(17)4-6-5-15-11(14)16-6/h6-9,17H,1-5,12-13H2,(H,18,19)(H3,14,15,16)/t6?,7-,8+,9+/m1/s1. The van der Waals surface area contributed by atoms with Crippen molar-refractivity contribution < 1.29 is 15.0 Å². The number of aliphatic carboxylic acids is 1. The highest BCUT2D eigenvalue weighted by molar-refractivity contribution is 5.79. The summed E-state index contributed by atoms with van der Waals surface area (Å²) in [4.78, 5) is 14.6. The number of guanidine groups is 1. The minimum atomic E-state index is -1.10. The highest BCUT2D eigenvalue weighted by atomic mass is 16.4. The van der Waals surface area contributed by atoms with Crippen LogP contribution in [-0.2, 0) is 4.79 Å². The average molecular weight is 273 g/mol. The molecule has 0 aromatic rings. The van der Waals surface area contributed by atoms with Gasteiger partial charge in [0.1, 0.15) is 6.04 Å². The second-order valence-electron chi connectivity index (χ2n) is 4.92. The van der Waals surface area contributed by atoms with Gasteiger partial charge in [0.25, 0.3) is 0 Å². The minimum absolute atomic E-state index is 0.0740. The average Bonchev–Trinajstić information content (AvgIpc) is 2.73. The molecule has 0 aromatic carbocycles. The van der Waals surface area contributed by atoms with Crippen molar-refractivity contribution in [3.8, 4) is 0 Å². The Hall–Kier alpha value is -1.38. The zero-order valence-electron chi connectivity index (χ0n) is 10.8. The van der Waals surface area contributed by atoms with E-state index in [-0.39, 0.29) is 6.04 Å². The van der Waals surface area contributed by atoms with Gasteiger partial charge >= 0.3 is 5.97 Å². The van der Waals surface area contributed by atoms with Gasteiger partial charge in [0, 0.05) is 6.04 Å². The van der Waals surface area contributed by atoms with Crippen LogP contribution in [0.1, 0.15) is 25.7 Å². The minimum Gasteiger partial charge on any atom is -0.480 e. The quantitative estimate of drug-likeness (QED) is 0.296. The van der Waals surface area contributed by atoms with Gasteiger partial charge in [-0.25, -0.2) is 0 Å². The Morgan fingerprint density at radius 3 is 2.68 bits per heavy atom. The summed E-state index contributed by atoms with van der Waals surface area (Å²) in [7, 11) is 0. The molecular formula is C11H23N5O3. The molecule has 0 saturated heterocycles. The molecule has 8 heteroatoms. The van der Waals surface area contributed by atoms with Crippen LogP contribution in [0.3, 0.4) is 0 Å². The Kier molecular flexibility index (Phi) is 6.00. The number of nitrogens with zero attached hydrogens (tertiary/aromatic N) is 1. The van der Waals surface area contributed by atoms with Crippen LogP contribution in [0.25, 0.3) is 0 Å². The van der Waals surface area contributed by atoms with E-state index in [1.165, 1.54) is 0 Å². The van der Waals surface area contributed by atoms with E-state index in [0.717, 1.165) is 0 Å². The third kappa shape index (κ3) is 5.41. The van der Waals surface area contributed by atoms with Gasteiger partial charge in [-0.3, -0.25) is 9.79 Å². The summed E-state index contributed by atoms with van der Waals surface area (Å²) in [5.74, 6) is -0.692. The van der Waals surface area contributed by atoms with Gasteiger partial charge in [0.15, 0.2) is 5.96 Å². The molecule has 9 N–H and O–H groups in total. The molecule has 0 saturated carbocycles. The molecule has 1 rings (SSSR count). The number of carboxylic acid groups (broad SMARTS) is 1. The number of nitrogens with two attached hydrogens (primary N) is 3. The van der Waals surface area contributed by atoms with Gasteiger partial charge in [-0.05, 0) is 25.7 Å². The van der Waals surface area contributed by atoms with E-state index >= 15 is 0 Å². The Morgan fingerprint density at radius 1 is 1.47 bits per heavy atom. The van der Waals surface area contributed by atoms with E-state index in [1.807, 2.05) is 0 Å². The fourth-order valence-electron chi connectivity index (χ4n) is 2.04. The summed E-state index contributed by atoms with van der Waals surface area (Å²) in [6.45, 7) is 0.576. The fraction of sp³-hybridized carbons (Fsp3) is 0.818. The first kappa shape index (κ1) is 15.7. The summed E-state index contributed by atoms with van der Waals surface area (Å²) in [6, 6.07) is -1.57. The van der Waals surface area contributed by atoms with Gasteiger partial charge in [0.2, 0.25) is 0 Å². The van der Waals surface area contributed by atoms with Crippen molar-refractivity contribution in [3.05, 3.63) is 0 Å². The SMILES string of the molecule is NC1=NCC(C[C@H](O)CCC[C@H](N)[C@H](N)C(=O)O)N1. The lowest BCUT2D eigenvalue weighted by Gasteiger charge is -2.18. The highest BCUT2D eigenvalue weighted by Crippen LogP contribution is 2.11. The largest absolute Gasteiger partial charge is 0.480 e. The summed E-state index contributed by atoms with van der Waals surface area (Å²) in [5.41, 5.74) is 16.5. The molecule has 1 aliphatic heterocycles. The molecule has 0 radical (unpaired) electrons. The van der Waals surface area contributed by atoms with Gasteiger partial charge in [-0.2, -0.15) is 0 Å². The zero-order chi connectivity index (χ0) is 14.4. The molecule has 110 valence electrons. The van der Waals surface area contributed by atoms with Crippen molar-refractivity contribution in [1.82, 2.24) is 5.32 Å². The molecule has 1 unspecified atom stereocenters. The summed E-state index contributed by atoms with van der Waals surface area (Å²) >= 11 is 0. The molecule has 1 aliphatic rings. The van der Waals surface area contributed by atoms with E-state index in [1.54, 1.807) is 0 Å². The lowest BCUT2D eigenvalue weighted by atomic mass is 9.99. The van der Waals surface area contributed by atoms with Crippen LogP contribution >= 0.6 is 0 Å². The van der Waals surface area contributed by atoms with Crippen molar-refractivity contribution in [2.75, 3.05) is 6.54 Å². The molecule has 0 bridgehead atoms. The molecule has 0 aliphatic carbocycles. The molecule has 0 amide bonds. The Labute approximate surface area is 112 Å². The molecule has 19 heavy (non-hydrogen) atoms. The third-order valence-corrected chi connectivity index (χ3v) is 3.21. The fourth-order valence-corrected chi connectivity index (χ4v) is 2.04. The van der Waals surface area contributed by atoms with Gasteiger partial charge in [-0.15, -0.1) is 0 Å². The van der Waals surface area contributed by atoms with Crippen molar-refractivity contribution in [2.45, 2.75) is 49.9 Å². The molecule has 4 atom stereocenters. The Balaban J connectivity index is 2.13. The number of carboxylic acids is 1. The van der Waals surface area contributed by atoms with Gasteiger partial charge < -0.3 is 32.7 Å².